The van der Waals surface area contributed by atoms with E-state index in [9.17, 15) is 4.79 Å². The maximum absolute atomic E-state index is 12.4. The quantitative estimate of drug-likeness (QED) is 0.498. The SMILES string of the molecule is CO[C@@H]1C[C@H]2CN(Cc3cc(=O)n4[nH]c(C)cc4n3)C[C@H]2C[C@H]1Nc1ccccn1.O=CO. The van der Waals surface area contributed by atoms with Crippen molar-refractivity contribution < 1.29 is 14.6 Å². The van der Waals surface area contributed by atoms with E-state index in [-0.39, 0.29) is 24.2 Å². The summed E-state index contributed by atoms with van der Waals surface area (Å²) in [5.74, 6) is 2.12. The van der Waals surface area contributed by atoms with E-state index in [0.29, 0.717) is 24.0 Å². The van der Waals surface area contributed by atoms with Gasteiger partial charge in [0, 0.05) is 50.8 Å². The fourth-order valence-corrected chi connectivity index (χ4v) is 5.16. The molecule has 4 heterocycles. The van der Waals surface area contributed by atoms with E-state index in [4.69, 9.17) is 14.6 Å². The maximum Gasteiger partial charge on any atom is 0.290 e. The van der Waals surface area contributed by atoms with Gasteiger partial charge in [0.2, 0.25) is 0 Å². The number of nitrogens with one attached hydrogen (secondary N) is 2. The average molecular weight is 455 g/mol. The summed E-state index contributed by atoms with van der Waals surface area (Å²) in [5, 5.41) is 13.5. The van der Waals surface area contributed by atoms with Gasteiger partial charge >= 0.3 is 0 Å². The van der Waals surface area contributed by atoms with E-state index in [1.54, 1.807) is 13.2 Å². The highest BCUT2D eigenvalue weighted by atomic mass is 16.5. The van der Waals surface area contributed by atoms with Crippen LogP contribution in [0.15, 0.2) is 41.3 Å². The highest BCUT2D eigenvalue weighted by Crippen LogP contribution is 2.38. The number of rotatable bonds is 5. The minimum Gasteiger partial charge on any atom is -0.483 e. The van der Waals surface area contributed by atoms with Crippen LogP contribution in [0.5, 0.6) is 0 Å². The molecule has 0 amide bonds. The first-order chi connectivity index (χ1) is 16.0. The number of hydrogen-bond donors (Lipinski definition) is 3. The molecule has 0 radical (unpaired) electrons. The lowest BCUT2D eigenvalue weighted by Gasteiger charge is -2.37. The zero-order valence-corrected chi connectivity index (χ0v) is 18.8. The molecular weight excluding hydrogens is 424 g/mol. The van der Waals surface area contributed by atoms with Crippen molar-refractivity contribution >= 4 is 17.9 Å². The van der Waals surface area contributed by atoms with Gasteiger partial charge in [-0.1, -0.05) is 6.07 Å². The van der Waals surface area contributed by atoms with Crippen LogP contribution in [0, 0.1) is 18.8 Å². The number of carbonyl (C=O) groups is 1. The molecule has 2 fully saturated rings. The molecule has 0 spiro atoms. The number of nitrogens with zero attached hydrogens (tertiary/aromatic N) is 4. The van der Waals surface area contributed by atoms with E-state index in [0.717, 1.165) is 43.1 Å². The molecular formula is C23H30N6O4. The monoisotopic (exact) mass is 454 g/mol. The lowest BCUT2D eigenvalue weighted by atomic mass is 9.77. The first-order valence-corrected chi connectivity index (χ1v) is 11.1. The Morgan fingerprint density at radius 1 is 1.27 bits per heavy atom. The second-order valence-electron chi connectivity index (χ2n) is 8.75. The van der Waals surface area contributed by atoms with Crippen LogP contribution in [0.1, 0.15) is 24.2 Å². The molecule has 1 aliphatic carbocycles. The topological polar surface area (TPSA) is 125 Å². The summed E-state index contributed by atoms with van der Waals surface area (Å²) in [4.78, 5) is 32.3. The smallest absolute Gasteiger partial charge is 0.290 e. The zero-order chi connectivity index (χ0) is 23.4. The van der Waals surface area contributed by atoms with E-state index in [2.05, 4.69) is 25.3 Å². The minimum absolute atomic E-state index is 0.0567. The summed E-state index contributed by atoms with van der Waals surface area (Å²) in [6.45, 7) is 4.43. The van der Waals surface area contributed by atoms with Crippen molar-refractivity contribution in [1.82, 2.24) is 24.5 Å². The van der Waals surface area contributed by atoms with Gasteiger partial charge in [0.05, 0.1) is 17.8 Å². The van der Waals surface area contributed by atoms with Crippen molar-refractivity contribution in [2.75, 3.05) is 25.5 Å². The minimum atomic E-state index is -0.250. The summed E-state index contributed by atoms with van der Waals surface area (Å²) in [7, 11) is 1.80. The third-order valence-corrected chi connectivity index (χ3v) is 6.51. The van der Waals surface area contributed by atoms with Gasteiger partial charge in [-0.15, -0.1) is 0 Å². The van der Waals surface area contributed by atoms with Crippen molar-refractivity contribution in [3.05, 3.63) is 58.3 Å². The fraction of sp³-hybridized carbons (Fsp3) is 0.478. The highest BCUT2D eigenvalue weighted by Gasteiger charge is 2.42. The van der Waals surface area contributed by atoms with Crippen molar-refractivity contribution in [2.24, 2.45) is 11.8 Å². The molecule has 3 aromatic heterocycles. The number of aryl methyl sites for hydroxylation is 1. The number of fused-ring (bicyclic) bond motifs is 2. The molecule has 3 aromatic rings. The second-order valence-corrected chi connectivity index (χ2v) is 8.75. The molecule has 1 saturated heterocycles. The van der Waals surface area contributed by atoms with Gasteiger partial charge in [0.15, 0.2) is 5.65 Å². The number of pyridine rings is 1. The summed E-state index contributed by atoms with van der Waals surface area (Å²) in [5.41, 5.74) is 2.40. The van der Waals surface area contributed by atoms with Crippen LogP contribution in [0.3, 0.4) is 0 Å². The first-order valence-electron chi connectivity index (χ1n) is 11.1. The number of likely N-dealkylation sites (tertiary alicyclic amines) is 1. The molecule has 1 saturated carbocycles. The largest absolute Gasteiger partial charge is 0.483 e. The Hall–Kier alpha value is -3.24. The third-order valence-electron chi connectivity index (χ3n) is 6.51. The molecule has 176 valence electrons. The van der Waals surface area contributed by atoms with Gasteiger partial charge in [-0.3, -0.25) is 19.6 Å². The van der Waals surface area contributed by atoms with Crippen molar-refractivity contribution in [3.8, 4) is 0 Å². The van der Waals surface area contributed by atoms with Crippen LogP contribution in [0.25, 0.3) is 5.65 Å². The molecule has 5 rings (SSSR count). The van der Waals surface area contributed by atoms with Crippen molar-refractivity contribution in [3.63, 3.8) is 0 Å². The molecule has 0 aromatic carbocycles. The van der Waals surface area contributed by atoms with Crippen LogP contribution in [-0.2, 0) is 16.1 Å². The number of aromatic nitrogens is 4. The number of anilines is 1. The lowest BCUT2D eigenvalue weighted by molar-refractivity contribution is -0.122. The van der Waals surface area contributed by atoms with E-state index in [1.807, 2.05) is 37.4 Å². The van der Waals surface area contributed by atoms with Gasteiger partial charge in [0.1, 0.15) is 5.82 Å². The Kier molecular flexibility index (Phi) is 7.05. The molecule has 3 N–H and O–H groups in total. The molecule has 4 atom stereocenters. The van der Waals surface area contributed by atoms with Gasteiger partial charge in [-0.25, -0.2) is 14.5 Å². The predicted octanol–water partition coefficient (Wildman–Crippen LogP) is 1.76. The molecule has 1 aliphatic heterocycles. The van der Waals surface area contributed by atoms with Crippen molar-refractivity contribution in [2.45, 2.75) is 38.5 Å². The van der Waals surface area contributed by atoms with Crippen LogP contribution < -0.4 is 10.9 Å². The molecule has 0 bridgehead atoms. The van der Waals surface area contributed by atoms with Crippen LogP contribution in [-0.4, -0.2) is 68.4 Å². The third kappa shape index (κ3) is 5.23. The molecule has 10 heteroatoms. The molecule has 2 aliphatic rings. The van der Waals surface area contributed by atoms with E-state index < -0.39 is 0 Å². The Bertz CT molecular complexity index is 1130. The second kappa shape index (κ2) is 10.1. The summed E-state index contributed by atoms with van der Waals surface area (Å²) < 4.78 is 7.33. The summed E-state index contributed by atoms with van der Waals surface area (Å²) >= 11 is 0. The lowest BCUT2D eigenvalue weighted by Crippen LogP contribution is -2.44. The van der Waals surface area contributed by atoms with Gasteiger partial charge < -0.3 is 15.2 Å². The number of H-pyrrole nitrogens is 1. The number of ether oxygens (including phenoxy) is 1. The van der Waals surface area contributed by atoms with Crippen LogP contribution in [0.4, 0.5) is 5.82 Å². The van der Waals surface area contributed by atoms with E-state index in [1.165, 1.54) is 4.52 Å². The molecule has 10 nitrogen and oxygen atoms in total. The van der Waals surface area contributed by atoms with Crippen molar-refractivity contribution in [1.29, 1.82) is 0 Å². The van der Waals surface area contributed by atoms with Crippen LogP contribution >= 0.6 is 0 Å². The fourth-order valence-electron chi connectivity index (χ4n) is 5.16. The standard InChI is InChI=1S/C22H28N6O2.CH2O2/c1-14-7-21-24-17(10-22(29)28(21)26-14)13-27-11-15-8-18(19(30-2)9-16(15)12-27)25-20-5-3-4-6-23-20;2-1-3/h3-7,10,15-16,18-19,26H,8-9,11-13H2,1-2H3,(H,23,25);1H,(H,2,3)/t15-,16+,18-,19-;/m1./s1. The Labute approximate surface area is 191 Å². The van der Waals surface area contributed by atoms with E-state index >= 15 is 0 Å². The number of aromatic amines is 1. The maximum atomic E-state index is 12.4. The summed E-state index contributed by atoms with van der Waals surface area (Å²) in [6.07, 6.45) is 4.08. The number of hydrogen-bond acceptors (Lipinski definition) is 7. The average Bonchev–Trinajstić information content (AvgIpc) is 3.36. The molecule has 33 heavy (non-hydrogen) atoms. The van der Waals surface area contributed by atoms with Crippen LogP contribution in [0.2, 0.25) is 0 Å². The Balaban J connectivity index is 0.000000821. The highest BCUT2D eigenvalue weighted by molar-refractivity contribution is 5.39. The zero-order valence-electron chi connectivity index (χ0n) is 18.8. The Morgan fingerprint density at radius 3 is 2.73 bits per heavy atom. The van der Waals surface area contributed by atoms with Gasteiger partial charge in [0.25, 0.3) is 12.0 Å². The molecule has 0 unspecified atom stereocenters. The van der Waals surface area contributed by atoms with Gasteiger partial charge in [-0.05, 0) is 43.7 Å². The van der Waals surface area contributed by atoms with Gasteiger partial charge in [-0.2, -0.15) is 0 Å². The number of methoxy groups -OCH3 is 1. The number of carboxylic acid groups (broad SMARTS) is 1. The summed E-state index contributed by atoms with van der Waals surface area (Å²) in [6, 6.07) is 9.74. The normalized spacial score (nSPS) is 24.7. The first kappa shape index (κ1) is 22.9. The Morgan fingerprint density at radius 2 is 2.03 bits per heavy atom. The predicted molar refractivity (Wildman–Crippen MR) is 123 cm³/mol.